The predicted molar refractivity (Wildman–Crippen MR) is 223 cm³/mol. The number of benzene rings is 7. The zero-order valence-electron chi connectivity index (χ0n) is 41.3. The Morgan fingerprint density at radius 3 is 2.09 bits per heavy atom. The van der Waals surface area contributed by atoms with Crippen molar-refractivity contribution in [2.24, 2.45) is 0 Å². The van der Waals surface area contributed by atoms with Crippen molar-refractivity contribution >= 4 is 32.8 Å². The monoisotopic (exact) mass is 720 g/mol. The molecule has 5 heteroatoms. The van der Waals surface area contributed by atoms with Gasteiger partial charge in [-0.3, -0.25) is 13.7 Å². The van der Waals surface area contributed by atoms with Crippen LogP contribution in [-0.2, 0) is 6.37 Å². The van der Waals surface area contributed by atoms with Crippen LogP contribution in [-0.4, -0.2) is 14.1 Å². The minimum Gasteiger partial charge on any atom is -0.458 e. The van der Waals surface area contributed by atoms with Gasteiger partial charge in [0, 0.05) is 25.8 Å². The number of fused-ring (bicyclic) bond motifs is 4. The summed E-state index contributed by atoms with van der Waals surface area (Å²) in [6.07, 6.45) is 3.43. The van der Waals surface area contributed by atoms with Crippen LogP contribution < -0.4 is 9.30 Å². The number of ether oxygens (including phenoxy) is 1. The molecule has 7 aromatic carbocycles. The maximum Gasteiger partial charge on any atom is 0.269 e. The summed E-state index contributed by atoms with van der Waals surface area (Å²) in [6, 6.07) is 31.1. The van der Waals surface area contributed by atoms with Crippen molar-refractivity contribution < 1.29 is 25.8 Å². The molecule has 0 atom stereocenters. The number of aryl methyl sites for hydroxylation is 1. The molecule has 3 heterocycles. The van der Waals surface area contributed by atoms with E-state index in [-0.39, 0.29) is 27.9 Å². The number of pyridine rings is 1. The van der Waals surface area contributed by atoms with E-state index >= 15 is 0 Å². The largest absolute Gasteiger partial charge is 0.458 e. The molecule has 0 bridgehead atoms. The van der Waals surface area contributed by atoms with E-state index in [0.717, 1.165) is 21.8 Å². The topological polar surface area (TPSA) is 35.9 Å². The maximum atomic E-state index is 8.98. The third kappa shape index (κ3) is 5.74. The van der Waals surface area contributed by atoms with Crippen LogP contribution in [0, 0.1) is 6.33 Å². The lowest BCUT2D eigenvalue weighted by molar-refractivity contribution is -0.571. The van der Waals surface area contributed by atoms with Gasteiger partial charge < -0.3 is 4.74 Å². The lowest BCUT2D eigenvalue weighted by Gasteiger charge is -2.17. The third-order valence-corrected chi connectivity index (χ3v) is 9.58. The van der Waals surface area contributed by atoms with E-state index in [1.54, 1.807) is 57.8 Å². The summed E-state index contributed by atoms with van der Waals surface area (Å²) in [7, 11) is 0. The second-order valence-corrected chi connectivity index (χ2v) is 12.7. The summed E-state index contributed by atoms with van der Waals surface area (Å²) >= 11 is 0. The second kappa shape index (κ2) is 13.6. The first-order valence-electron chi connectivity index (χ1n) is 23.6. The average Bonchev–Trinajstić information content (AvgIpc) is 3.87. The van der Waals surface area contributed by atoms with E-state index in [1.165, 1.54) is 6.92 Å². The average molecular weight is 721 g/mol. The molecule has 0 saturated heterocycles. The quantitative estimate of drug-likeness (QED) is 0.116. The Morgan fingerprint density at radius 2 is 1.33 bits per heavy atom. The summed E-state index contributed by atoms with van der Waals surface area (Å²) in [4.78, 5) is 4.65. The molecule has 55 heavy (non-hydrogen) atoms. The van der Waals surface area contributed by atoms with Crippen molar-refractivity contribution in [1.82, 2.24) is 14.1 Å². The van der Waals surface area contributed by atoms with E-state index in [2.05, 4.69) is 11.3 Å². The molecule has 0 radical (unpaired) electrons. The van der Waals surface area contributed by atoms with Crippen LogP contribution in [0.1, 0.15) is 28.9 Å². The SMILES string of the molecule is [2H]c1c([2H])c([2H])c(-c2cccc(-c3c([2H])c([2H])c([2H])c([2H])c3[2H])c2-[n+]2[c-]n(-c3cccc(Oc4ccc5c6ccccc6n(-c6cc(C([2H])([2H])C)ccn6)c5c4)c3)c3ccccc32)c([2H])c1[2H]. The number of aromatic nitrogens is 4. The van der Waals surface area contributed by atoms with Crippen molar-refractivity contribution in [2.45, 2.75) is 13.3 Å². The van der Waals surface area contributed by atoms with E-state index in [9.17, 15) is 0 Å². The van der Waals surface area contributed by atoms with Crippen LogP contribution in [0.25, 0.3) is 72.3 Å². The highest BCUT2D eigenvalue weighted by atomic mass is 16.5. The van der Waals surface area contributed by atoms with E-state index < -0.39 is 66.8 Å². The Kier molecular flexibility index (Phi) is 5.47. The number of para-hydroxylation sites is 4. The number of nitrogens with zero attached hydrogens (tertiary/aromatic N) is 4. The summed E-state index contributed by atoms with van der Waals surface area (Å²) in [5.41, 5.74) is 4.11. The summed E-state index contributed by atoms with van der Waals surface area (Å²) in [6.45, 7) is 1.51. The van der Waals surface area contributed by atoms with Gasteiger partial charge >= 0.3 is 0 Å². The molecular weight excluding hydrogens is 673 g/mol. The Bertz CT molecular complexity index is 3540. The first-order valence-corrected chi connectivity index (χ1v) is 17.6. The van der Waals surface area contributed by atoms with Crippen molar-refractivity contribution in [3.63, 3.8) is 0 Å². The van der Waals surface area contributed by atoms with Gasteiger partial charge in [0.15, 0.2) is 0 Å². The summed E-state index contributed by atoms with van der Waals surface area (Å²) in [5, 5.41) is 1.94. The summed E-state index contributed by atoms with van der Waals surface area (Å²) < 4.78 is 115. The smallest absolute Gasteiger partial charge is 0.269 e. The van der Waals surface area contributed by atoms with Gasteiger partial charge in [-0.15, -0.1) is 0 Å². The van der Waals surface area contributed by atoms with E-state index in [1.807, 2.05) is 83.4 Å². The van der Waals surface area contributed by atoms with Crippen LogP contribution in [0.15, 0.2) is 188 Å². The standard InChI is InChI=1S/C50H36N4O/c1-2-35-29-30-51-49(31-35)54-45-24-10-9-21-43(45)44-28-27-40(33-48(44)54)55-39-20-13-19-38(32-39)52-34-53(47-26-12-11-25-46(47)52)50-41(36-15-5-3-6-16-36)22-14-23-42(50)37-17-7-4-8-18-37/h3-33H,2H2,1H3/i2D2,3D,4D,5D,6D,7D,8D,15D,16D,17D,18D. The summed E-state index contributed by atoms with van der Waals surface area (Å²) in [5.74, 6) is 1.54. The van der Waals surface area contributed by atoms with Crippen LogP contribution in [0.3, 0.4) is 0 Å². The predicted octanol–water partition coefficient (Wildman–Crippen LogP) is 11.9. The molecule has 0 fully saturated rings. The molecule has 0 amide bonds. The third-order valence-electron chi connectivity index (χ3n) is 9.58. The zero-order chi connectivity index (χ0) is 47.2. The molecule has 10 rings (SSSR count). The van der Waals surface area contributed by atoms with Gasteiger partial charge in [0.2, 0.25) is 0 Å². The maximum absolute atomic E-state index is 8.98. The van der Waals surface area contributed by atoms with Crippen LogP contribution in [0.2, 0.25) is 0 Å². The molecule has 3 aromatic heterocycles. The molecule has 10 aromatic rings. The lowest BCUT2D eigenvalue weighted by atomic mass is 9.95. The van der Waals surface area contributed by atoms with Crippen molar-refractivity contribution in [3.8, 4) is 50.9 Å². The van der Waals surface area contributed by atoms with Gasteiger partial charge in [0.05, 0.1) is 47.1 Å². The van der Waals surface area contributed by atoms with Gasteiger partial charge in [-0.25, -0.2) is 4.98 Å². The Balaban J connectivity index is 1.15. The minimum absolute atomic E-state index is 0.144. The fourth-order valence-electron chi connectivity index (χ4n) is 7.15. The first-order chi connectivity index (χ1) is 32.0. The van der Waals surface area contributed by atoms with Crippen molar-refractivity contribution in [1.29, 1.82) is 0 Å². The van der Waals surface area contributed by atoms with Crippen LogP contribution >= 0.6 is 0 Å². The zero-order valence-corrected chi connectivity index (χ0v) is 29.3. The molecule has 0 N–H and O–H groups in total. The van der Waals surface area contributed by atoms with Crippen LogP contribution in [0.4, 0.5) is 0 Å². The number of hydrogen-bond acceptors (Lipinski definition) is 2. The number of rotatable bonds is 8. The van der Waals surface area contributed by atoms with Crippen LogP contribution in [0.5, 0.6) is 11.5 Å². The highest BCUT2D eigenvalue weighted by Crippen LogP contribution is 2.37. The molecule has 0 aliphatic rings. The second-order valence-electron chi connectivity index (χ2n) is 12.7. The van der Waals surface area contributed by atoms with Crippen molar-refractivity contribution in [3.05, 3.63) is 200 Å². The van der Waals surface area contributed by atoms with Gasteiger partial charge in [0.1, 0.15) is 17.3 Å². The van der Waals surface area contributed by atoms with Gasteiger partial charge in [-0.2, -0.15) is 0 Å². The highest BCUT2D eigenvalue weighted by molar-refractivity contribution is 6.09. The highest BCUT2D eigenvalue weighted by Gasteiger charge is 2.20. The first kappa shape index (κ1) is 22.1. The Morgan fingerprint density at radius 1 is 0.655 bits per heavy atom. The van der Waals surface area contributed by atoms with E-state index in [4.69, 9.17) is 21.2 Å². The molecular formula is C50H36N4O. The molecule has 0 aliphatic carbocycles. The number of imidazole rings is 1. The molecule has 0 aliphatic heterocycles. The molecule has 0 saturated carbocycles. The van der Waals surface area contributed by atoms with Gasteiger partial charge in [-0.05, 0) is 82.7 Å². The molecule has 0 spiro atoms. The molecule has 262 valence electrons. The van der Waals surface area contributed by atoms with E-state index in [0.29, 0.717) is 39.6 Å². The minimum atomic E-state index is -1.59. The number of hydrogen-bond donors (Lipinski definition) is 0. The Labute approximate surface area is 336 Å². The Hall–Kier alpha value is -7.24. The normalized spacial score (nSPS) is 14.8. The fraction of sp³-hybridized carbons (Fsp3) is 0.0400. The van der Waals surface area contributed by atoms with Crippen molar-refractivity contribution in [2.75, 3.05) is 0 Å². The lowest BCUT2D eigenvalue weighted by Crippen LogP contribution is -2.31. The molecule has 5 nitrogen and oxygen atoms in total. The van der Waals surface area contributed by atoms with Gasteiger partial charge in [0.25, 0.3) is 6.33 Å². The van der Waals surface area contributed by atoms with Gasteiger partial charge in [-0.1, -0.05) is 134 Å². The fourth-order valence-corrected chi connectivity index (χ4v) is 7.15. The molecule has 0 unspecified atom stereocenters.